The monoisotopic (exact) mass is 339 g/mol. The van der Waals surface area contributed by atoms with Gasteiger partial charge in [0.15, 0.2) is 0 Å². The molecule has 0 aliphatic heterocycles. The zero-order valence-corrected chi connectivity index (χ0v) is 14.8. The maximum atomic E-state index is 11.6. The molecule has 1 aliphatic rings. The molecule has 1 fully saturated rings. The summed E-state index contributed by atoms with van der Waals surface area (Å²) in [6, 6.07) is 9.26. The molecule has 1 aromatic heterocycles. The zero-order valence-electron chi connectivity index (χ0n) is 14.8. The SMILES string of the molecule is COC(=O)C1CCC(NC(C)c2ccc(-c3cncnc3)cc2)CC1. The average molecular weight is 339 g/mol. The van der Waals surface area contributed by atoms with Crippen molar-refractivity contribution in [2.45, 2.75) is 44.7 Å². The summed E-state index contributed by atoms with van der Waals surface area (Å²) in [7, 11) is 1.47. The van der Waals surface area contributed by atoms with E-state index in [4.69, 9.17) is 4.74 Å². The number of rotatable bonds is 5. The molecule has 0 amide bonds. The predicted molar refractivity (Wildman–Crippen MR) is 96.8 cm³/mol. The van der Waals surface area contributed by atoms with Crippen LogP contribution in [-0.4, -0.2) is 29.1 Å². The van der Waals surface area contributed by atoms with Crippen LogP contribution in [0.5, 0.6) is 0 Å². The lowest BCUT2D eigenvalue weighted by Gasteiger charge is -2.30. The van der Waals surface area contributed by atoms with Crippen molar-refractivity contribution in [3.63, 3.8) is 0 Å². The molecule has 132 valence electrons. The maximum Gasteiger partial charge on any atom is 0.308 e. The van der Waals surface area contributed by atoms with E-state index in [2.05, 4.69) is 46.5 Å². The van der Waals surface area contributed by atoms with Gasteiger partial charge in [-0.3, -0.25) is 4.79 Å². The van der Waals surface area contributed by atoms with E-state index in [-0.39, 0.29) is 17.9 Å². The lowest BCUT2D eigenvalue weighted by molar-refractivity contribution is -0.146. The molecule has 3 rings (SSSR count). The minimum absolute atomic E-state index is 0.0630. The third-order valence-electron chi connectivity index (χ3n) is 5.05. The number of hydrogen-bond acceptors (Lipinski definition) is 5. The van der Waals surface area contributed by atoms with Gasteiger partial charge in [0.1, 0.15) is 6.33 Å². The average Bonchev–Trinajstić information content (AvgIpc) is 2.68. The Morgan fingerprint density at radius 3 is 2.32 bits per heavy atom. The van der Waals surface area contributed by atoms with Gasteiger partial charge in [-0.05, 0) is 43.7 Å². The second kappa shape index (κ2) is 8.21. The Bertz CT molecular complexity index is 680. The van der Waals surface area contributed by atoms with Crippen molar-refractivity contribution in [2.75, 3.05) is 7.11 Å². The minimum Gasteiger partial charge on any atom is -0.469 e. The van der Waals surface area contributed by atoms with Crippen molar-refractivity contribution in [1.82, 2.24) is 15.3 Å². The van der Waals surface area contributed by atoms with Crippen molar-refractivity contribution in [1.29, 1.82) is 0 Å². The number of carbonyl (C=O) groups excluding carboxylic acids is 1. The van der Waals surface area contributed by atoms with Crippen molar-refractivity contribution in [2.24, 2.45) is 5.92 Å². The van der Waals surface area contributed by atoms with Crippen molar-refractivity contribution < 1.29 is 9.53 Å². The highest BCUT2D eigenvalue weighted by Gasteiger charge is 2.27. The van der Waals surface area contributed by atoms with E-state index in [1.54, 1.807) is 6.33 Å². The van der Waals surface area contributed by atoms with Gasteiger partial charge in [0, 0.05) is 30.0 Å². The van der Waals surface area contributed by atoms with Gasteiger partial charge >= 0.3 is 5.97 Å². The van der Waals surface area contributed by atoms with Gasteiger partial charge in [0.2, 0.25) is 0 Å². The van der Waals surface area contributed by atoms with Crippen LogP contribution in [0, 0.1) is 5.92 Å². The minimum atomic E-state index is -0.0630. The van der Waals surface area contributed by atoms with Crippen LogP contribution in [0.3, 0.4) is 0 Å². The summed E-state index contributed by atoms with van der Waals surface area (Å²) in [6.45, 7) is 2.19. The fourth-order valence-corrected chi connectivity index (χ4v) is 3.52. The second-order valence-electron chi connectivity index (χ2n) is 6.71. The van der Waals surface area contributed by atoms with Crippen LogP contribution >= 0.6 is 0 Å². The Morgan fingerprint density at radius 2 is 1.72 bits per heavy atom. The number of esters is 1. The lowest BCUT2D eigenvalue weighted by atomic mass is 9.85. The number of nitrogens with one attached hydrogen (secondary N) is 1. The van der Waals surface area contributed by atoms with Crippen LogP contribution in [0.15, 0.2) is 43.0 Å². The fraction of sp³-hybridized carbons (Fsp3) is 0.450. The molecule has 0 saturated heterocycles. The number of ether oxygens (including phenoxy) is 1. The number of hydrogen-bond donors (Lipinski definition) is 1. The molecule has 5 heteroatoms. The molecule has 1 aromatic carbocycles. The lowest BCUT2D eigenvalue weighted by Crippen LogP contribution is -2.36. The molecule has 25 heavy (non-hydrogen) atoms. The van der Waals surface area contributed by atoms with Crippen LogP contribution in [0.4, 0.5) is 0 Å². The molecular weight excluding hydrogens is 314 g/mol. The van der Waals surface area contributed by atoms with E-state index in [0.717, 1.165) is 36.8 Å². The van der Waals surface area contributed by atoms with E-state index >= 15 is 0 Å². The Hall–Kier alpha value is -2.27. The van der Waals surface area contributed by atoms with Gasteiger partial charge in [0.25, 0.3) is 0 Å². The first kappa shape index (κ1) is 17.5. The molecule has 1 N–H and O–H groups in total. The third kappa shape index (κ3) is 4.42. The number of aromatic nitrogens is 2. The molecular formula is C20H25N3O2. The zero-order chi connectivity index (χ0) is 17.6. The van der Waals surface area contributed by atoms with Crippen molar-refractivity contribution in [3.8, 4) is 11.1 Å². The first-order valence-corrected chi connectivity index (χ1v) is 8.86. The smallest absolute Gasteiger partial charge is 0.308 e. The quantitative estimate of drug-likeness (QED) is 0.844. The topological polar surface area (TPSA) is 64.1 Å². The van der Waals surface area contributed by atoms with E-state index in [1.807, 2.05) is 12.4 Å². The first-order chi connectivity index (χ1) is 12.2. The Labute approximate surface area is 148 Å². The summed E-state index contributed by atoms with van der Waals surface area (Å²) in [4.78, 5) is 19.7. The van der Waals surface area contributed by atoms with Gasteiger partial charge in [0.05, 0.1) is 13.0 Å². The highest BCUT2D eigenvalue weighted by molar-refractivity contribution is 5.72. The van der Waals surface area contributed by atoms with Gasteiger partial charge in [-0.25, -0.2) is 9.97 Å². The van der Waals surface area contributed by atoms with Gasteiger partial charge in [-0.15, -0.1) is 0 Å². The van der Waals surface area contributed by atoms with E-state index in [9.17, 15) is 4.79 Å². The summed E-state index contributed by atoms with van der Waals surface area (Å²) in [5, 5.41) is 3.70. The first-order valence-electron chi connectivity index (χ1n) is 8.86. The summed E-state index contributed by atoms with van der Waals surface area (Å²) in [6.07, 6.45) is 9.03. The van der Waals surface area contributed by atoms with Gasteiger partial charge in [-0.1, -0.05) is 24.3 Å². The van der Waals surface area contributed by atoms with Gasteiger partial charge < -0.3 is 10.1 Å². The second-order valence-corrected chi connectivity index (χ2v) is 6.71. The number of carbonyl (C=O) groups is 1. The van der Waals surface area contributed by atoms with Crippen LogP contribution in [0.25, 0.3) is 11.1 Å². The highest BCUT2D eigenvalue weighted by Crippen LogP contribution is 2.27. The highest BCUT2D eigenvalue weighted by atomic mass is 16.5. The molecule has 5 nitrogen and oxygen atoms in total. The third-order valence-corrected chi connectivity index (χ3v) is 5.05. The van der Waals surface area contributed by atoms with Gasteiger partial charge in [-0.2, -0.15) is 0 Å². The maximum absolute atomic E-state index is 11.6. The van der Waals surface area contributed by atoms with E-state index in [0.29, 0.717) is 6.04 Å². The standard InChI is InChI=1S/C20H25N3O2/c1-14(23-19-9-7-17(8-10-19)20(24)25-2)15-3-5-16(6-4-15)18-11-21-13-22-12-18/h3-6,11-14,17,19,23H,7-10H2,1-2H3. The normalized spacial score (nSPS) is 21.5. The predicted octanol–water partition coefficient (Wildman–Crippen LogP) is 3.53. The molecule has 1 unspecified atom stereocenters. The summed E-state index contributed by atoms with van der Waals surface area (Å²) >= 11 is 0. The Balaban J connectivity index is 1.55. The molecule has 0 spiro atoms. The van der Waals surface area contributed by atoms with Crippen LogP contribution in [-0.2, 0) is 9.53 Å². The van der Waals surface area contributed by atoms with Crippen molar-refractivity contribution in [3.05, 3.63) is 48.5 Å². The molecule has 1 aliphatic carbocycles. The molecule has 1 saturated carbocycles. The van der Waals surface area contributed by atoms with E-state index in [1.165, 1.54) is 12.7 Å². The fourth-order valence-electron chi connectivity index (χ4n) is 3.52. The van der Waals surface area contributed by atoms with E-state index < -0.39 is 0 Å². The van der Waals surface area contributed by atoms with Crippen LogP contribution < -0.4 is 5.32 Å². The number of methoxy groups -OCH3 is 1. The molecule has 2 aromatic rings. The summed E-state index contributed by atoms with van der Waals surface area (Å²) in [5.41, 5.74) is 3.40. The van der Waals surface area contributed by atoms with Crippen molar-refractivity contribution >= 4 is 5.97 Å². The Morgan fingerprint density at radius 1 is 1.08 bits per heavy atom. The van der Waals surface area contributed by atoms with Crippen LogP contribution in [0.2, 0.25) is 0 Å². The number of nitrogens with zero attached hydrogens (tertiary/aromatic N) is 2. The molecule has 1 heterocycles. The summed E-state index contributed by atoms with van der Waals surface area (Å²) < 4.78 is 4.85. The summed E-state index contributed by atoms with van der Waals surface area (Å²) in [5.74, 6) is 0.0118. The largest absolute Gasteiger partial charge is 0.469 e. The Kier molecular flexibility index (Phi) is 5.76. The van der Waals surface area contributed by atoms with Crippen LogP contribution in [0.1, 0.15) is 44.2 Å². The molecule has 0 radical (unpaired) electrons. The molecule has 0 bridgehead atoms. The molecule has 1 atom stereocenters. The number of benzene rings is 1.